The van der Waals surface area contributed by atoms with Crippen LogP contribution < -0.4 is 0 Å². The van der Waals surface area contributed by atoms with Crippen molar-refractivity contribution in [3.63, 3.8) is 0 Å². The Labute approximate surface area is 130 Å². The summed E-state index contributed by atoms with van der Waals surface area (Å²) in [4.78, 5) is 4.69. The number of hydrogen-bond donors (Lipinski definition) is 0. The van der Waals surface area contributed by atoms with E-state index in [4.69, 9.17) is 0 Å². The highest BCUT2D eigenvalue weighted by Crippen LogP contribution is 2.08. The van der Waals surface area contributed by atoms with Gasteiger partial charge < -0.3 is 4.90 Å². The summed E-state index contributed by atoms with van der Waals surface area (Å²) in [6.45, 7) is 11.2. The first-order valence-electron chi connectivity index (χ1n) is 7.97. The minimum absolute atomic E-state index is 0.955. The molecule has 0 N–H and O–H groups in total. The molecule has 2 nitrogen and oxygen atoms in total. The Balaban J connectivity index is 2.46. The maximum Gasteiger partial charge on any atom is 0.0700 e. The van der Waals surface area contributed by atoms with Crippen LogP contribution in [0.3, 0.4) is 0 Å². The minimum atomic E-state index is 0.955. The number of unbranched alkanes of at least 4 members (excludes halogenated alkanes) is 1. The number of allylic oxidation sites excluding steroid dienone is 2. The third kappa shape index (κ3) is 7.14. The summed E-state index contributed by atoms with van der Waals surface area (Å²) >= 11 is 0. The van der Waals surface area contributed by atoms with Crippen LogP contribution >= 0.6 is 0 Å². The van der Waals surface area contributed by atoms with E-state index >= 15 is 0 Å². The van der Waals surface area contributed by atoms with Crippen LogP contribution in [0, 0.1) is 0 Å². The maximum atomic E-state index is 3.74. The molecule has 0 aliphatic carbocycles. The van der Waals surface area contributed by atoms with E-state index in [1.54, 1.807) is 0 Å². The van der Waals surface area contributed by atoms with Gasteiger partial charge in [0.1, 0.15) is 0 Å². The second kappa shape index (κ2) is 10.2. The Kier molecular flexibility index (Phi) is 8.53. The molecule has 0 aliphatic heterocycles. The third-order valence-corrected chi connectivity index (χ3v) is 3.61. The van der Waals surface area contributed by atoms with Crippen molar-refractivity contribution in [3.8, 4) is 0 Å². The smallest absolute Gasteiger partial charge is 0.0700 e. The van der Waals surface area contributed by atoms with Crippen LogP contribution in [0.4, 0.5) is 0 Å². The predicted molar refractivity (Wildman–Crippen MR) is 93.1 cm³/mol. The summed E-state index contributed by atoms with van der Waals surface area (Å²) in [7, 11) is 2.13. The number of aryl methyl sites for hydroxylation is 1. The summed E-state index contributed by atoms with van der Waals surface area (Å²) in [6.07, 6.45) is 9.57. The van der Waals surface area contributed by atoms with Crippen LogP contribution in [-0.2, 0) is 13.0 Å². The molecule has 0 aliphatic rings. The SMILES string of the molecule is C=CCC/C=C\N(C)CN(CC)Cc1ccc(CC)cc1. The highest BCUT2D eigenvalue weighted by Gasteiger charge is 2.05. The van der Waals surface area contributed by atoms with Crippen LogP contribution in [0.15, 0.2) is 49.2 Å². The Morgan fingerprint density at radius 3 is 2.29 bits per heavy atom. The van der Waals surface area contributed by atoms with E-state index in [2.05, 4.69) is 73.8 Å². The Hall–Kier alpha value is -1.54. The van der Waals surface area contributed by atoms with Crippen LogP contribution in [-0.4, -0.2) is 30.1 Å². The van der Waals surface area contributed by atoms with E-state index in [9.17, 15) is 0 Å². The molecule has 1 rings (SSSR count). The second-order valence-corrected chi connectivity index (χ2v) is 5.46. The quantitative estimate of drug-likeness (QED) is 0.356. The Bertz CT molecular complexity index is 420. The van der Waals surface area contributed by atoms with Crippen molar-refractivity contribution in [1.29, 1.82) is 0 Å². The fraction of sp³-hybridized carbons (Fsp3) is 0.474. The summed E-state index contributed by atoms with van der Waals surface area (Å²) in [5, 5.41) is 0. The molecule has 1 aromatic rings. The molecule has 1 aromatic carbocycles. The summed E-state index contributed by atoms with van der Waals surface area (Å²) < 4.78 is 0. The van der Waals surface area contributed by atoms with E-state index < -0.39 is 0 Å². The van der Waals surface area contributed by atoms with Crippen molar-refractivity contribution < 1.29 is 0 Å². The van der Waals surface area contributed by atoms with Crippen molar-refractivity contribution in [3.05, 3.63) is 60.3 Å². The Morgan fingerprint density at radius 2 is 1.71 bits per heavy atom. The number of benzene rings is 1. The molecule has 0 amide bonds. The van der Waals surface area contributed by atoms with Crippen molar-refractivity contribution >= 4 is 0 Å². The van der Waals surface area contributed by atoms with Crippen molar-refractivity contribution in [2.24, 2.45) is 0 Å². The van der Waals surface area contributed by atoms with Crippen molar-refractivity contribution in [1.82, 2.24) is 9.80 Å². The van der Waals surface area contributed by atoms with Gasteiger partial charge in [-0.1, -0.05) is 50.3 Å². The first-order chi connectivity index (χ1) is 10.2. The van der Waals surface area contributed by atoms with Crippen LogP contribution in [0.5, 0.6) is 0 Å². The van der Waals surface area contributed by atoms with E-state index in [0.717, 1.165) is 39.0 Å². The lowest BCUT2D eigenvalue weighted by atomic mass is 10.1. The fourth-order valence-corrected chi connectivity index (χ4v) is 2.23. The zero-order valence-corrected chi connectivity index (χ0v) is 13.9. The maximum absolute atomic E-state index is 3.74. The van der Waals surface area contributed by atoms with Gasteiger partial charge in [0.25, 0.3) is 0 Å². The molecule has 0 spiro atoms. The molecular weight excluding hydrogens is 256 g/mol. The van der Waals surface area contributed by atoms with Crippen molar-refractivity contribution in [2.45, 2.75) is 39.7 Å². The number of hydrogen-bond acceptors (Lipinski definition) is 2. The van der Waals surface area contributed by atoms with Gasteiger partial charge in [0.2, 0.25) is 0 Å². The van der Waals surface area contributed by atoms with Crippen LogP contribution in [0.1, 0.15) is 37.8 Å². The minimum Gasteiger partial charge on any atom is -0.368 e. The zero-order chi connectivity index (χ0) is 15.5. The van der Waals surface area contributed by atoms with E-state index in [0.29, 0.717) is 0 Å². The first-order valence-corrected chi connectivity index (χ1v) is 7.97. The molecule has 116 valence electrons. The van der Waals surface area contributed by atoms with Gasteiger partial charge in [-0.05, 0) is 43.1 Å². The summed E-state index contributed by atoms with van der Waals surface area (Å²) in [5.74, 6) is 0. The first kappa shape index (κ1) is 17.5. The predicted octanol–water partition coefficient (Wildman–Crippen LogP) is 4.44. The van der Waals surface area contributed by atoms with Gasteiger partial charge >= 0.3 is 0 Å². The van der Waals surface area contributed by atoms with Gasteiger partial charge in [-0.15, -0.1) is 6.58 Å². The summed E-state index contributed by atoms with van der Waals surface area (Å²) in [5.41, 5.74) is 2.79. The van der Waals surface area contributed by atoms with Gasteiger partial charge in [-0.2, -0.15) is 0 Å². The van der Waals surface area contributed by atoms with Gasteiger partial charge in [0.15, 0.2) is 0 Å². The van der Waals surface area contributed by atoms with Crippen LogP contribution in [0.2, 0.25) is 0 Å². The molecular formula is C19H30N2. The van der Waals surface area contributed by atoms with Gasteiger partial charge in [-0.3, -0.25) is 4.90 Å². The topological polar surface area (TPSA) is 6.48 Å². The number of nitrogens with zero attached hydrogens (tertiary/aromatic N) is 2. The largest absolute Gasteiger partial charge is 0.368 e. The molecule has 0 saturated carbocycles. The highest BCUT2D eigenvalue weighted by molar-refractivity contribution is 5.22. The standard InChI is InChI=1S/C19H30N2/c1-5-8-9-10-15-20(4)17-21(7-3)16-19-13-11-18(6-2)12-14-19/h5,10-15H,1,6-9,16-17H2,2-4H3/b15-10-. The lowest BCUT2D eigenvalue weighted by Crippen LogP contribution is -2.32. The van der Waals surface area contributed by atoms with Crippen LogP contribution in [0.25, 0.3) is 0 Å². The molecule has 0 atom stereocenters. The molecule has 0 radical (unpaired) electrons. The van der Waals surface area contributed by atoms with Crippen molar-refractivity contribution in [2.75, 3.05) is 20.3 Å². The van der Waals surface area contributed by atoms with E-state index in [1.807, 2.05) is 6.08 Å². The second-order valence-electron chi connectivity index (χ2n) is 5.46. The third-order valence-electron chi connectivity index (χ3n) is 3.61. The zero-order valence-electron chi connectivity index (χ0n) is 13.9. The van der Waals surface area contributed by atoms with E-state index in [-0.39, 0.29) is 0 Å². The molecule has 21 heavy (non-hydrogen) atoms. The van der Waals surface area contributed by atoms with Gasteiger partial charge in [0.05, 0.1) is 6.67 Å². The Morgan fingerprint density at radius 1 is 1.05 bits per heavy atom. The lowest BCUT2D eigenvalue weighted by molar-refractivity contribution is 0.191. The molecule has 0 aromatic heterocycles. The molecule has 0 heterocycles. The monoisotopic (exact) mass is 286 g/mol. The average Bonchev–Trinajstić information content (AvgIpc) is 2.51. The van der Waals surface area contributed by atoms with Gasteiger partial charge in [-0.25, -0.2) is 0 Å². The lowest BCUT2D eigenvalue weighted by Gasteiger charge is -2.26. The average molecular weight is 286 g/mol. The molecule has 0 bridgehead atoms. The summed E-state index contributed by atoms with van der Waals surface area (Å²) in [6, 6.07) is 8.98. The normalized spacial score (nSPS) is 11.2. The highest BCUT2D eigenvalue weighted by atomic mass is 15.3. The molecule has 0 unspecified atom stereocenters. The molecule has 0 saturated heterocycles. The van der Waals surface area contributed by atoms with Gasteiger partial charge in [0, 0.05) is 13.6 Å². The number of rotatable bonds is 10. The van der Waals surface area contributed by atoms with E-state index in [1.165, 1.54) is 11.1 Å². The molecule has 0 fully saturated rings. The molecule has 2 heteroatoms. The fourth-order valence-electron chi connectivity index (χ4n) is 2.23.